The molecule has 118 valence electrons. The molecule has 1 aliphatic carbocycles. The van der Waals surface area contributed by atoms with Gasteiger partial charge in [-0.3, -0.25) is 0 Å². The molecule has 0 aromatic heterocycles. The van der Waals surface area contributed by atoms with Gasteiger partial charge in [-0.15, -0.1) is 0 Å². The van der Waals surface area contributed by atoms with Crippen LogP contribution in [0.5, 0.6) is 0 Å². The van der Waals surface area contributed by atoms with Gasteiger partial charge in [0, 0.05) is 6.04 Å². The predicted octanol–water partition coefficient (Wildman–Crippen LogP) is 6.54. The van der Waals surface area contributed by atoms with Crippen LogP contribution in [0.4, 0.5) is 10.1 Å². The number of rotatable bonds is 2. The van der Waals surface area contributed by atoms with Crippen LogP contribution in [0.15, 0.2) is 12.1 Å². The van der Waals surface area contributed by atoms with E-state index in [2.05, 4.69) is 26.1 Å². The van der Waals surface area contributed by atoms with Crippen molar-refractivity contribution < 1.29 is 4.39 Å². The first-order chi connectivity index (χ1) is 9.77. The first-order valence-electron chi connectivity index (χ1n) is 7.68. The van der Waals surface area contributed by atoms with E-state index in [9.17, 15) is 4.39 Å². The minimum Gasteiger partial charge on any atom is -0.380 e. The molecule has 0 saturated heterocycles. The van der Waals surface area contributed by atoms with Gasteiger partial charge in [0.15, 0.2) is 0 Å². The molecule has 0 spiro atoms. The van der Waals surface area contributed by atoms with Gasteiger partial charge in [-0.1, -0.05) is 50.4 Å². The van der Waals surface area contributed by atoms with E-state index < -0.39 is 5.82 Å². The summed E-state index contributed by atoms with van der Waals surface area (Å²) in [6.07, 6.45) is 5.89. The fraction of sp³-hybridized carbons (Fsp3) is 0.647. The van der Waals surface area contributed by atoms with E-state index in [0.29, 0.717) is 27.2 Å². The van der Waals surface area contributed by atoms with Crippen LogP contribution in [0.25, 0.3) is 0 Å². The summed E-state index contributed by atoms with van der Waals surface area (Å²) >= 11 is 12.2. The molecule has 2 rings (SSSR count). The van der Waals surface area contributed by atoms with E-state index in [1.54, 1.807) is 0 Å². The van der Waals surface area contributed by atoms with E-state index in [-0.39, 0.29) is 0 Å². The molecule has 0 heterocycles. The molecule has 1 aliphatic rings. The molecule has 0 amide bonds. The molecule has 21 heavy (non-hydrogen) atoms. The van der Waals surface area contributed by atoms with E-state index in [4.69, 9.17) is 23.2 Å². The molecule has 1 nitrogen and oxygen atoms in total. The van der Waals surface area contributed by atoms with Gasteiger partial charge in [0.1, 0.15) is 5.82 Å². The van der Waals surface area contributed by atoms with Crippen LogP contribution < -0.4 is 5.32 Å². The summed E-state index contributed by atoms with van der Waals surface area (Å²) in [5.41, 5.74) is 1.03. The summed E-state index contributed by atoms with van der Waals surface area (Å²) in [4.78, 5) is 0. The lowest BCUT2D eigenvalue weighted by atomic mass is 9.76. The third kappa shape index (κ3) is 4.50. The Morgan fingerprint density at radius 1 is 1.05 bits per heavy atom. The standard InChI is InChI=1S/C17H24Cl2FN/c1-17(2,3)11-5-4-6-13(8-7-11)21-16-14(18)9-12(20)10-15(16)19/h9-11,13,21H,4-8H2,1-3H3. The number of nitrogens with one attached hydrogen (secondary N) is 1. The average Bonchev–Trinajstić information content (AvgIpc) is 2.58. The number of hydrogen-bond acceptors (Lipinski definition) is 1. The maximum atomic E-state index is 13.2. The smallest absolute Gasteiger partial charge is 0.126 e. The largest absolute Gasteiger partial charge is 0.380 e. The first-order valence-corrected chi connectivity index (χ1v) is 8.44. The summed E-state index contributed by atoms with van der Waals surface area (Å²) in [7, 11) is 0. The van der Waals surface area contributed by atoms with Crippen LogP contribution >= 0.6 is 23.2 Å². The molecule has 2 atom stereocenters. The van der Waals surface area contributed by atoms with Crippen molar-refractivity contribution in [1.82, 2.24) is 0 Å². The Labute approximate surface area is 137 Å². The molecule has 0 radical (unpaired) electrons. The molecular formula is C17H24Cl2FN. The van der Waals surface area contributed by atoms with E-state index in [1.807, 2.05) is 0 Å². The number of halogens is 3. The van der Waals surface area contributed by atoms with Crippen LogP contribution in [0.2, 0.25) is 10.0 Å². The zero-order valence-electron chi connectivity index (χ0n) is 13.0. The number of benzene rings is 1. The van der Waals surface area contributed by atoms with Crippen molar-refractivity contribution in [3.63, 3.8) is 0 Å². The normalized spacial score (nSPS) is 23.7. The van der Waals surface area contributed by atoms with Gasteiger partial charge in [0.05, 0.1) is 15.7 Å². The second-order valence-electron chi connectivity index (χ2n) is 7.16. The van der Waals surface area contributed by atoms with Crippen LogP contribution in [0.1, 0.15) is 52.9 Å². The molecule has 2 unspecified atom stereocenters. The first kappa shape index (κ1) is 16.9. The van der Waals surface area contributed by atoms with Crippen molar-refractivity contribution in [1.29, 1.82) is 0 Å². The zero-order valence-corrected chi connectivity index (χ0v) is 14.5. The van der Waals surface area contributed by atoms with E-state index in [1.165, 1.54) is 31.4 Å². The van der Waals surface area contributed by atoms with Crippen LogP contribution in [-0.4, -0.2) is 6.04 Å². The van der Waals surface area contributed by atoms with Gasteiger partial charge < -0.3 is 5.32 Å². The maximum Gasteiger partial charge on any atom is 0.126 e. The maximum absolute atomic E-state index is 13.2. The zero-order chi connectivity index (χ0) is 15.6. The highest BCUT2D eigenvalue weighted by Crippen LogP contribution is 2.39. The minimum atomic E-state index is -0.399. The van der Waals surface area contributed by atoms with Crippen molar-refractivity contribution >= 4 is 28.9 Å². The monoisotopic (exact) mass is 331 g/mol. The van der Waals surface area contributed by atoms with Crippen molar-refractivity contribution in [3.8, 4) is 0 Å². The minimum absolute atomic E-state index is 0.358. The highest BCUT2D eigenvalue weighted by Gasteiger charge is 2.28. The Bertz CT molecular complexity index is 473. The van der Waals surface area contributed by atoms with Gasteiger partial charge in [-0.25, -0.2) is 4.39 Å². The summed E-state index contributed by atoms with van der Waals surface area (Å²) in [5, 5.41) is 4.14. The Morgan fingerprint density at radius 2 is 1.67 bits per heavy atom. The molecule has 0 aliphatic heterocycles. The van der Waals surface area contributed by atoms with E-state index in [0.717, 1.165) is 18.8 Å². The molecule has 4 heteroatoms. The van der Waals surface area contributed by atoms with Crippen LogP contribution in [0, 0.1) is 17.2 Å². The lowest BCUT2D eigenvalue weighted by molar-refractivity contribution is 0.214. The highest BCUT2D eigenvalue weighted by molar-refractivity contribution is 6.39. The summed E-state index contributed by atoms with van der Waals surface area (Å²) in [6, 6.07) is 2.98. The topological polar surface area (TPSA) is 12.0 Å². The predicted molar refractivity (Wildman–Crippen MR) is 89.9 cm³/mol. The fourth-order valence-electron chi connectivity index (χ4n) is 3.20. The van der Waals surface area contributed by atoms with Crippen molar-refractivity contribution in [2.24, 2.45) is 11.3 Å². The molecular weight excluding hydrogens is 308 g/mol. The quantitative estimate of drug-likeness (QED) is 0.606. The second kappa shape index (κ2) is 6.75. The third-order valence-corrected chi connectivity index (χ3v) is 5.15. The van der Waals surface area contributed by atoms with Gasteiger partial charge in [-0.2, -0.15) is 0 Å². The van der Waals surface area contributed by atoms with Crippen molar-refractivity contribution in [3.05, 3.63) is 28.0 Å². The van der Waals surface area contributed by atoms with Gasteiger partial charge in [0.25, 0.3) is 0 Å². The molecule has 1 aromatic carbocycles. The third-order valence-electron chi connectivity index (χ3n) is 4.55. The Balaban J connectivity index is 2.05. The Hall–Kier alpha value is -0.470. The number of anilines is 1. The Kier molecular flexibility index (Phi) is 5.43. The van der Waals surface area contributed by atoms with E-state index >= 15 is 0 Å². The van der Waals surface area contributed by atoms with Crippen molar-refractivity contribution in [2.45, 2.75) is 58.9 Å². The van der Waals surface area contributed by atoms with Gasteiger partial charge in [-0.05, 0) is 49.1 Å². The van der Waals surface area contributed by atoms with Crippen LogP contribution in [-0.2, 0) is 0 Å². The highest BCUT2D eigenvalue weighted by atomic mass is 35.5. The second-order valence-corrected chi connectivity index (χ2v) is 7.97. The fourth-order valence-corrected chi connectivity index (χ4v) is 3.77. The molecule has 1 saturated carbocycles. The molecule has 1 fully saturated rings. The molecule has 1 N–H and O–H groups in total. The van der Waals surface area contributed by atoms with Crippen LogP contribution in [0.3, 0.4) is 0 Å². The Morgan fingerprint density at radius 3 is 2.24 bits per heavy atom. The van der Waals surface area contributed by atoms with Gasteiger partial charge in [0.2, 0.25) is 0 Å². The summed E-state index contributed by atoms with van der Waals surface area (Å²) in [6.45, 7) is 6.96. The SMILES string of the molecule is CC(C)(C)C1CCCC(Nc2c(Cl)cc(F)cc2Cl)CC1. The summed E-state index contributed by atoms with van der Waals surface area (Å²) in [5.74, 6) is 0.354. The lowest BCUT2D eigenvalue weighted by Gasteiger charge is -2.29. The number of hydrogen-bond donors (Lipinski definition) is 1. The average molecular weight is 332 g/mol. The summed E-state index contributed by atoms with van der Waals surface area (Å²) < 4.78 is 13.2. The molecule has 1 aromatic rings. The lowest BCUT2D eigenvalue weighted by Crippen LogP contribution is -2.22. The molecule has 0 bridgehead atoms. The van der Waals surface area contributed by atoms with Gasteiger partial charge >= 0.3 is 0 Å². The van der Waals surface area contributed by atoms with Crippen molar-refractivity contribution in [2.75, 3.05) is 5.32 Å².